The van der Waals surface area contributed by atoms with Gasteiger partial charge >= 0.3 is 0 Å². The Balaban J connectivity index is 3.55. The summed E-state index contributed by atoms with van der Waals surface area (Å²) in [7, 11) is 2.64. The second-order valence-electron chi connectivity index (χ2n) is 2.68. The van der Waals surface area contributed by atoms with Crippen LogP contribution in [0.5, 0.6) is 0 Å². The van der Waals surface area contributed by atoms with Gasteiger partial charge in [0.05, 0.1) is 0 Å². The number of carbonyl (C=O) groups is 1. The molecule has 3 heteroatoms. The van der Waals surface area contributed by atoms with Crippen LogP contribution in [0.1, 0.15) is 20.3 Å². The molecule has 0 saturated heterocycles. The predicted octanol–water partition coefficient (Wildman–Crippen LogP) is 0.776. The molecule has 0 aromatic rings. The standard InChI is InChI=1S/C6H14NOP/c1-6(2,3-4-9)7-5-8/h5H,3-4,9H2,1-2H3,(H,7,8). The van der Waals surface area contributed by atoms with Gasteiger partial charge in [-0.3, -0.25) is 4.79 Å². The summed E-state index contributed by atoms with van der Waals surface area (Å²) in [4.78, 5) is 9.98. The molecule has 0 saturated carbocycles. The third-order valence-corrected chi connectivity index (χ3v) is 1.51. The van der Waals surface area contributed by atoms with E-state index >= 15 is 0 Å². The second-order valence-corrected chi connectivity index (χ2v) is 3.26. The Bertz CT molecular complexity index is 93.1. The molecule has 0 aliphatic carbocycles. The highest BCUT2D eigenvalue weighted by Crippen LogP contribution is 2.08. The van der Waals surface area contributed by atoms with Crippen LogP contribution in [0.2, 0.25) is 0 Å². The van der Waals surface area contributed by atoms with Crippen LogP contribution in [0.15, 0.2) is 0 Å². The fourth-order valence-electron chi connectivity index (χ4n) is 0.593. The Hall–Kier alpha value is -0.100. The van der Waals surface area contributed by atoms with Crippen LogP contribution in [0, 0.1) is 0 Å². The lowest BCUT2D eigenvalue weighted by Gasteiger charge is -2.22. The van der Waals surface area contributed by atoms with Gasteiger partial charge in [-0.25, -0.2) is 0 Å². The highest BCUT2D eigenvalue weighted by atomic mass is 31.0. The zero-order valence-corrected chi connectivity index (χ0v) is 7.13. The second kappa shape index (κ2) is 3.84. The van der Waals surface area contributed by atoms with E-state index in [1.807, 2.05) is 13.8 Å². The van der Waals surface area contributed by atoms with Gasteiger partial charge < -0.3 is 5.32 Å². The summed E-state index contributed by atoms with van der Waals surface area (Å²) in [5.41, 5.74) is -0.0382. The van der Waals surface area contributed by atoms with Gasteiger partial charge in [0.1, 0.15) is 0 Å². The van der Waals surface area contributed by atoms with E-state index in [9.17, 15) is 4.79 Å². The van der Waals surface area contributed by atoms with Gasteiger partial charge in [0.25, 0.3) is 0 Å². The third-order valence-electron chi connectivity index (χ3n) is 1.22. The average Bonchev–Trinajstić information content (AvgIpc) is 1.64. The minimum Gasteiger partial charge on any atom is -0.354 e. The molecule has 0 aromatic heterocycles. The van der Waals surface area contributed by atoms with E-state index in [0.29, 0.717) is 0 Å². The Labute approximate surface area is 58.6 Å². The van der Waals surface area contributed by atoms with Gasteiger partial charge in [0.15, 0.2) is 0 Å². The third kappa shape index (κ3) is 4.41. The van der Waals surface area contributed by atoms with Crippen molar-refractivity contribution in [2.75, 3.05) is 6.16 Å². The topological polar surface area (TPSA) is 29.1 Å². The maximum absolute atomic E-state index is 9.98. The molecule has 0 aromatic carbocycles. The lowest BCUT2D eigenvalue weighted by Crippen LogP contribution is -2.38. The molecular formula is C6H14NOP. The summed E-state index contributed by atoms with van der Waals surface area (Å²) in [6, 6.07) is 0. The Kier molecular flexibility index (Phi) is 3.79. The maximum Gasteiger partial charge on any atom is 0.207 e. The fourth-order valence-corrected chi connectivity index (χ4v) is 1.31. The van der Waals surface area contributed by atoms with Crippen molar-refractivity contribution in [3.63, 3.8) is 0 Å². The molecule has 0 rings (SSSR count). The Morgan fingerprint density at radius 1 is 1.67 bits per heavy atom. The molecule has 9 heavy (non-hydrogen) atoms. The molecule has 1 amide bonds. The number of carbonyl (C=O) groups excluding carboxylic acids is 1. The maximum atomic E-state index is 9.98. The largest absolute Gasteiger partial charge is 0.354 e. The lowest BCUT2D eigenvalue weighted by atomic mass is 10.0. The SMILES string of the molecule is CC(C)(CCP)NC=O. The van der Waals surface area contributed by atoms with E-state index in [0.717, 1.165) is 19.0 Å². The number of hydrogen-bond donors (Lipinski definition) is 1. The zero-order valence-electron chi connectivity index (χ0n) is 5.98. The molecule has 0 bridgehead atoms. The van der Waals surface area contributed by atoms with Crippen molar-refractivity contribution in [2.45, 2.75) is 25.8 Å². The van der Waals surface area contributed by atoms with Crippen molar-refractivity contribution < 1.29 is 4.79 Å². The number of rotatable bonds is 4. The summed E-state index contributed by atoms with van der Waals surface area (Å²) in [5.74, 6) is 0. The van der Waals surface area contributed by atoms with Crippen molar-refractivity contribution in [3.8, 4) is 0 Å². The lowest BCUT2D eigenvalue weighted by molar-refractivity contribution is -0.110. The van der Waals surface area contributed by atoms with Crippen LogP contribution in [-0.2, 0) is 4.79 Å². The normalized spacial score (nSPS) is 11.0. The van der Waals surface area contributed by atoms with Crippen molar-refractivity contribution in [3.05, 3.63) is 0 Å². The monoisotopic (exact) mass is 147 g/mol. The molecule has 1 atom stereocenters. The fraction of sp³-hybridized carbons (Fsp3) is 0.833. The van der Waals surface area contributed by atoms with Gasteiger partial charge in [-0.15, -0.1) is 9.24 Å². The van der Waals surface area contributed by atoms with Crippen LogP contribution in [-0.4, -0.2) is 18.1 Å². The molecule has 54 valence electrons. The molecule has 2 nitrogen and oxygen atoms in total. The van der Waals surface area contributed by atoms with E-state index in [2.05, 4.69) is 14.6 Å². The van der Waals surface area contributed by atoms with E-state index in [1.165, 1.54) is 0 Å². The van der Waals surface area contributed by atoms with Gasteiger partial charge in [-0.1, -0.05) is 0 Å². The number of hydrogen-bond acceptors (Lipinski definition) is 1. The molecule has 1 unspecified atom stereocenters. The molecule has 0 fully saturated rings. The summed E-state index contributed by atoms with van der Waals surface area (Å²) in [6.45, 7) is 4.01. The Morgan fingerprint density at radius 2 is 2.22 bits per heavy atom. The first-order valence-corrected chi connectivity index (χ1v) is 3.85. The molecule has 0 radical (unpaired) electrons. The average molecular weight is 147 g/mol. The molecule has 0 aliphatic heterocycles. The first kappa shape index (κ1) is 8.90. The summed E-state index contributed by atoms with van der Waals surface area (Å²) in [5, 5.41) is 2.73. The first-order chi connectivity index (χ1) is 4.12. The Morgan fingerprint density at radius 3 is 2.56 bits per heavy atom. The van der Waals surface area contributed by atoms with Crippen LogP contribution in [0.4, 0.5) is 0 Å². The molecular weight excluding hydrogens is 133 g/mol. The van der Waals surface area contributed by atoms with E-state index in [4.69, 9.17) is 0 Å². The summed E-state index contributed by atoms with van der Waals surface area (Å²) in [6.07, 6.45) is 2.77. The molecule has 0 spiro atoms. The molecule has 0 heterocycles. The zero-order chi connectivity index (χ0) is 7.33. The van der Waals surface area contributed by atoms with Crippen molar-refractivity contribution in [1.29, 1.82) is 0 Å². The molecule has 1 N–H and O–H groups in total. The van der Waals surface area contributed by atoms with Crippen LogP contribution >= 0.6 is 9.24 Å². The van der Waals surface area contributed by atoms with Gasteiger partial charge in [0.2, 0.25) is 6.41 Å². The quantitative estimate of drug-likeness (QED) is 0.462. The molecule has 0 aliphatic rings. The minimum atomic E-state index is -0.0382. The van der Waals surface area contributed by atoms with Gasteiger partial charge in [-0.2, -0.15) is 0 Å². The van der Waals surface area contributed by atoms with Crippen LogP contribution in [0.25, 0.3) is 0 Å². The minimum absolute atomic E-state index is 0.0382. The first-order valence-electron chi connectivity index (χ1n) is 3.04. The van der Waals surface area contributed by atoms with Gasteiger partial charge in [0, 0.05) is 5.54 Å². The summed E-state index contributed by atoms with van der Waals surface area (Å²) < 4.78 is 0. The highest BCUT2D eigenvalue weighted by Gasteiger charge is 2.13. The van der Waals surface area contributed by atoms with E-state index in [1.54, 1.807) is 0 Å². The number of nitrogens with one attached hydrogen (secondary N) is 1. The van der Waals surface area contributed by atoms with E-state index in [-0.39, 0.29) is 5.54 Å². The predicted molar refractivity (Wildman–Crippen MR) is 42.5 cm³/mol. The highest BCUT2D eigenvalue weighted by molar-refractivity contribution is 7.16. The smallest absolute Gasteiger partial charge is 0.207 e. The van der Waals surface area contributed by atoms with Crippen molar-refractivity contribution in [2.24, 2.45) is 0 Å². The van der Waals surface area contributed by atoms with E-state index < -0.39 is 0 Å². The van der Waals surface area contributed by atoms with Crippen LogP contribution in [0.3, 0.4) is 0 Å². The number of amides is 1. The van der Waals surface area contributed by atoms with Crippen molar-refractivity contribution >= 4 is 15.6 Å². The van der Waals surface area contributed by atoms with Gasteiger partial charge in [-0.05, 0) is 26.4 Å². The summed E-state index contributed by atoms with van der Waals surface area (Å²) >= 11 is 0. The van der Waals surface area contributed by atoms with Crippen LogP contribution < -0.4 is 5.32 Å². The van der Waals surface area contributed by atoms with Crippen molar-refractivity contribution in [1.82, 2.24) is 5.32 Å².